The van der Waals surface area contributed by atoms with E-state index in [1.54, 1.807) is 6.08 Å². The Morgan fingerprint density at radius 3 is 1.59 bits per heavy atom. The fraction of sp³-hybridized carbons (Fsp3) is 0.925. The summed E-state index contributed by atoms with van der Waals surface area (Å²) < 4.78 is 11.2. The van der Waals surface area contributed by atoms with Crippen molar-refractivity contribution in [2.75, 3.05) is 13.2 Å². The topological polar surface area (TPSA) is 149 Å². The fourth-order valence-electron chi connectivity index (χ4n) is 6.51. The van der Waals surface area contributed by atoms with E-state index in [4.69, 9.17) is 9.47 Å². The molecule has 0 aromatic heterocycles. The first-order valence-corrected chi connectivity index (χ1v) is 20.4. The molecule has 290 valence electrons. The average molecular weight is 700 g/mol. The summed E-state index contributed by atoms with van der Waals surface area (Å²) in [6, 6.07) is -0.796. The molecule has 1 saturated heterocycles. The van der Waals surface area contributed by atoms with Gasteiger partial charge in [0.2, 0.25) is 5.91 Å². The van der Waals surface area contributed by atoms with Crippen LogP contribution in [0.2, 0.25) is 0 Å². The van der Waals surface area contributed by atoms with Crippen molar-refractivity contribution in [2.24, 2.45) is 0 Å². The predicted octanol–water partition coefficient (Wildman–Crippen LogP) is 7.39. The lowest BCUT2D eigenvalue weighted by molar-refractivity contribution is -0.302. The van der Waals surface area contributed by atoms with Crippen molar-refractivity contribution in [3.63, 3.8) is 0 Å². The first-order valence-electron chi connectivity index (χ1n) is 20.4. The van der Waals surface area contributed by atoms with Crippen LogP contribution in [0.5, 0.6) is 0 Å². The molecule has 1 aliphatic heterocycles. The smallest absolute Gasteiger partial charge is 0.220 e. The minimum Gasteiger partial charge on any atom is -0.394 e. The monoisotopic (exact) mass is 700 g/mol. The van der Waals surface area contributed by atoms with Crippen molar-refractivity contribution in [3.8, 4) is 0 Å². The number of unbranched alkanes of at least 4 members (excludes halogenated alkanes) is 23. The third kappa shape index (κ3) is 23.2. The molecule has 0 aromatic rings. The lowest BCUT2D eigenvalue weighted by Gasteiger charge is -2.40. The molecule has 1 aliphatic rings. The van der Waals surface area contributed by atoms with Gasteiger partial charge in [0, 0.05) is 6.42 Å². The van der Waals surface area contributed by atoms with Gasteiger partial charge in [-0.1, -0.05) is 167 Å². The summed E-state index contributed by atoms with van der Waals surface area (Å²) in [6.45, 7) is 3.75. The van der Waals surface area contributed by atoms with Crippen molar-refractivity contribution in [1.29, 1.82) is 0 Å². The van der Waals surface area contributed by atoms with Crippen molar-refractivity contribution in [3.05, 3.63) is 12.2 Å². The van der Waals surface area contributed by atoms with Gasteiger partial charge < -0.3 is 40.3 Å². The van der Waals surface area contributed by atoms with Crippen LogP contribution in [0.1, 0.15) is 181 Å². The molecule has 2 unspecified atom stereocenters. The van der Waals surface area contributed by atoms with Crippen LogP contribution in [-0.4, -0.2) is 87.5 Å². The van der Waals surface area contributed by atoms with Gasteiger partial charge in [-0.2, -0.15) is 0 Å². The standard InChI is InChI=1S/C40H77NO8/c1-3-5-7-9-11-13-15-17-19-21-23-25-27-29-34(43)33(32-48-40-39(47)38(46)37(45)35(31-42)49-40)41-36(44)30-28-26-24-22-20-18-16-14-12-10-8-6-4-2/h27,29,33-35,37-40,42-43,45-47H,3-26,28,30-32H2,1-2H3,(H,41,44)/t33?,34?,35-,37+,38+,39-,40-/m1/s1. The van der Waals surface area contributed by atoms with Crippen LogP contribution in [0.15, 0.2) is 12.2 Å². The van der Waals surface area contributed by atoms with Crippen molar-refractivity contribution in [1.82, 2.24) is 5.32 Å². The fourth-order valence-corrected chi connectivity index (χ4v) is 6.51. The first kappa shape index (κ1) is 46.0. The molecule has 6 N–H and O–H groups in total. The maximum absolute atomic E-state index is 12.9. The Balaban J connectivity index is 2.43. The Morgan fingerprint density at radius 1 is 0.673 bits per heavy atom. The van der Waals surface area contributed by atoms with Gasteiger partial charge in [-0.15, -0.1) is 0 Å². The van der Waals surface area contributed by atoms with E-state index in [0.29, 0.717) is 6.42 Å². The number of aliphatic hydroxyl groups is 5. The molecule has 0 radical (unpaired) electrons. The van der Waals surface area contributed by atoms with Crippen LogP contribution in [0, 0.1) is 0 Å². The van der Waals surface area contributed by atoms with Crippen LogP contribution in [-0.2, 0) is 14.3 Å². The number of aliphatic hydroxyl groups excluding tert-OH is 5. The molecular formula is C40H77NO8. The summed E-state index contributed by atoms with van der Waals surface area (Å²) in [4.78, 5) is 12.9. The molecule has 1 fully saturated rings. The number of ether oxygens (including phenoxy) is 2. The van der Waals surface area contributed by atoms with E-state index in [1.807, 2.05) is 6.08 Å². The number of nitrogens with one attached hydrogen (secondary N) is 1. The molecule has 0 aliphatic carbocycles. The highest BCUT2D eigenvalue weighted by atomic mass is 16.7. The highest BCUT2D eigenvalue weighted by Crippen LogP contribution is 2.22. The summed E-state index contributed by atoms with van der Waals surface area (Å²) in [6.07, 6.45) is 26.7. The third-order valence-corrected chi connectivity index (χ3v) is 9.86. The summed E-state index contributed by atoms with van der Waals surface area (Å²) >= 11 is 0. The van der Waals surface area contributed by atoms with E-state index in [0.717, 1.165) is 38.5 Å². The molecule has 1 heterocycles. The summed E-state index contributed by atoms with van der Waals surface area (Å²) in [5.41, 5.74) is 0. The van der Waals surface area contributed by atoms with E-state index >= 15 is 0 Å². The second-order valence-corrected chi connectivity index (χ2v) is 14.4. The zero-order valence-corrected chi connectivity index (χ0v) is 31.5. The number of rotatable bonds is 33. The van der Waals surface area contributed by atoms with Gasteiger partial charge in [-0.3, -0.25) is 4.79 Å². The number of carbonyl (C=O) groups excluding carboxylic acids is 1. The second-order valence-electron chi connectivity index (χ2n) is 14.4. The summed E-state index contributed by atoms with van der Waals surface area (Å²) in [5, 5.41) is 53.9. The Labute approximate surface area is 299 Å². The number of hydrogen-bond donors (Lipinski definition) is 6. The quantitative estimate of drug-likeness (QED) is 0.0307. The minimum atomic E-state index is -1.56. The second kappa shape index (κ2) is 31.6. The van der Waals surface area contributed by atoms with E-state index < -0.39 is 49.5 Å². The van der Waals surface area contributed by atoms with Gasteiger partial charge in [-0.25, -0.2) is 0 Å². The van der Waals surface area contributed by atoms with E-state index in [9.17, 15) is 30.3 Å². The normalized spacial score (nSPS) is 22.5. The maximum atomic E-state index is 12.9. The molecule has 9 heteroatoms. The molecule has 7 atom stereocenters. The van der Waals surface area contributed by atoms with Gasteiger partial charge >= 0.3 is 0 Å². The Bertz CT molecular complexity index is 781. The molecule has 0 saturated carbocycles. The highest BCUT2D eigenvalue weighted by molar-refractivity contribution is 5.76. The molecule has 9 nitrogen and oxygen atoms in total. The van der Waals surface area contributed by atoms with Crippen molar-refractivity contribution < 1.29 is 39.8 Å². The molecule has 49 heavy (non-hydrogen) atoms. The molecule has 0 spiro atoms. The van der Waals surface area contributed by atoms with Crippen LogP contribution < -0.4 is 5.32 Å². The first-order chi connectivity index (χ1) is 23.8. The Morgan fingerprint density at radius 2 is 1.12 bits per heavy atom. The Kier molecular flexibility index (Phi) is 29.7. The van der Waals surface area contributed by atoms with Crippen molar-refractivity contribution >= 4 is 5.91 Å². The number of allylic oxidation sites excluding steroid dienone is 1. The third-order valence-electron chi connectivity index (χ3n) is 9.86. The molecule has 0 bridgehead atoms. The Hall–Kier alpha value is -1.07. The van der Waals surface area contributed by atoms with Gasteiger partial charge in [0.05, 0.1) is 25.4 Å². The minimum absolute atomic E-state index is 0.178. The molecule has 1 rings (SSSR count). The number of hydrogen-bond acceptors (Lipinski definition) is 8. The van der Waals surface area contributed by atoms with Gasteiger partial charge in [-0.05, 0) is 19.3 Å². The van der Waals surface area contributed by atoms with Gasteiger partial charge in [0.1, 0.15) is 24.4 Å². The van der Waals surface area contributed by atoms with E-state index in [2.05, 4.69) is 19.2 Å². The predicted molar refractivity (Wildman–Crippen MR) is 198 cm³/mol. The van der Waals surface area contributed by atoms with Crippen LogP contribution in [0.3, 0.4) is 0 Å². The maximum Gasteiger partial charge on any atom is 0.220 e. The van der Waals surface area contributed by atoms with E-state index in [-0.39, 0.29) is 12.5 Å². The molecule has 1 amide bonds. The molecule has 0 aromatic carbocycles. The lowest BCUT2D eigenvalue weighted by atomic mass is 9.99. The van der Waals surface area contributed by atoms with Crippen LogP contribution in [0.25, 0.3) is 0 Å². The average Bonchev–Trinajstić information content (AvgIpc) is 3.10. The van der Waals surface area contributed by atoms with Crippen LogP contribution >= 0.6 is 0 Å². The summed E-state index contributed by atoms with van der Waals surface area (Å²) in [5.74, 6) is -0.178. The van der Waals surface area contributed by atoms with Crippen LogP contribution in [0.4, 0.5) is 0 Å². The van der Waals surface area contributed by atoms with Crippen molar-refractivity contribution in [2.45, 2.75) is 224 Å². The lowest BCUT2D eigenvalue weighted by Crippen LogP contribution is -2.60. The number of carbonyl (C=O) groups is 1. The highest BCUT2D eigenvalue weighted by Gasteiger charge is 2.44. The largest absolute Gasteiger partial charge is 0.394 e. The summed E-state index contributed by atoms with van der Waals surface area (Å²) in [7, 11) is 0. The number of amides is 1. The van der Waals surface area contributed by atoms with Gasteiger partial charge in [0.15, 0.2) is 6.29 Å². The SMILES string of the molecule is CCCCCCCCCCCCCC=CC(O)C(CO[C@@H]1O[C@H](CO)[C@H](O)[C@H](O)[C@H]1O)NC(=O)CCCCCCCCCCCCCCC. The zero-order chi connectivity index (χ0) is 36.0. The van der Waals surface area contributed by atoms with Gasteiger partial charge in [0.25, 0.3) is 0 Å². The van der Waals surface area contributed by atoms with E-state index in [1.165, 1.54) is 122 Å². The molecular weight excluding hydrogens is 622 g/mol. The zero-order valence-electron chi connectivity index (χ0n) is 31.5.